The fourth-order valence-electron chi connectivity index (χ4n) is 2.12. The van der Waals surface area contributed by atoms with Gasteiger partial charge in [-0.2, -0.15) is 0 Å². The van der Waals surface area contributed by atoms with E-state index >= 15 is 0 Å². The minimum Gasteiger partial charge on any atom is -0.497 e. The first-order valence-electron chi connectivity index (χ1n) is 7.38. The largest absolute Gasteiger partial charge is 0.497 e. The molecule has 0 heterocycles. The molecule has 2 aromatic rings. The molecule has 21 heavy (non-hydrogen) atoms. The molecule has 0 unspecified atom stereocenters. The van der Waals surface area contributed by atoms with E-state index < -0.39 is 0 Å². The van der Waals surface area contributed by atoms with E-state index in [1.165, 1.54) is 11.1 Å². The molecule has 0 aliphatic heterocycles. The number of methoxy groups -OCH3 is 1. The normalized spacial score (nSPS) is 10.4. The molecule has 0 spiro atoms. The second-order valence-electron chi connectivity index (χ2n) is 4.91. The Labute approximate surface area is 126 Å². The Morgan fingerprint density at radius 1 is 0.952 bits per heavy atom. The second kappa shape index (κ2) is 8.32. The molecule has 0 aliphatic rings. The molecule has 0 atom stereocenters. The zero-order valence-corrected chi connectivity index (χ0v) is 12.8. The molecule has 0 radical (unpaired) electrons. The summed E-state index contributed by atoms with van der Waals surface area (Å²) in [5.41, 5.74) is 2.50. The smallest absolute Gasteiger partial charge is 0.123 e. The fraction of sp³-hybridized carbons (Fsp3) is 0.333. The van der Waals surface area contributed by atoms with Crippen molar-refractivity contribution >= 4 is 0 Å². The lowest BCUT2D eigenvalue weighted by molar-refractivity contribution is 0.302. The molecule has 0 fully saturated rings. The van der Waals surface area contributed by atoms with Gasteiger partial charge in [0.1, 0.15) is 18.1 Å². The Kier molecular flexibility index (Phi) is 6.10. The monoisotopic (exact) mass is 285 g/mol. The van der Waals surface area contributed by atoms with E-state index in [-0.39, 0.29) is 0 Å². The van der Waals surface area contributed by atoms with E-state index in [1.54, 1.807) is 7.11 Å². The van der Waals surface area contributed by atoms with Gasteiger partial charge in [-0.25, -0.2) is 0 Å². The number of rotatable bonds is 8. The van der Waals surface area contributed by atoms with Crippen LogP contribution < -0.4 is 14.8 Å². The van der Waals surface area contributed by atoms with Crippen LogP contribution in [0.15, 0.2) is 48.5 Å². The summed E-state index contributed by atoms with van der Waals surface area (Å²) in [4.78, 5) is 0. The van der Waals surface area contributed by atoms with Crippen molar-refractivity contribution in [3.8, 4) is 11.5 Å². The molecule has 112 valence electrons. The Morgan fingerprint density at radius 2 is 1.71 bits per heavy atom. The van der Waals surface area contributed by atoms with Crippen LogP contribution in [0.4, 0.5) is 0 Å². The zero-order valence-electron chi connectivity index (χ0n) is 12.8. The summed E-state index contributed by atoms with van der Waals surface area (Å²) in [6, 6.07) is 16.1. The maximum atomic E-state index is 5.87. The van der Waals surface area contributed by atoms with Gasteiger partial charge >= 0.3 is 0 Å². The third-order valence-electron chi connectivity index (χ3n) is 3.30. The van der Waals surface area contributed by atoms with Crippen molar-refractivity contribution in [3.05, 3.63) is 59.7 Å². The molecule has 0 aliphatic carbocycles. The lowest BCUT2D eigenvalue weighted by Crippen LogP contribution is -2.15. The van der Waals surface area contributed by atoms with Crippen LogP contribution in [0.2, 0.25) is 0 Å². The first kappa shape index (κ1) is 15.4. The van der Waals surface area contributed by atoms with Crippen LogP contribution in [0, 0.1) is 0 Å². The van der Waals surface area contributed by atoms with Crippen molar-refractivity contribution in [3.63, 3.8) is 0 Å². The average molecular weight is 285 g/mol. The lowest BCUT2D eigenvalue weighted by atomic mass is 10.1. The summed E-state index contributed by atoms with van der Waals surface area (Å²) < 4.78 is 11.1. The predicted octanol–water partition coefficient (Wildman–Crippen LogP) is 3.77. The number of hydrogen-bond acceptors (Lipinski definition) is 3. The van der Waals surface area contributed by atoms with E-state index in [1.807, 2.05) is 30.3 Å². The van der Waals surface area contributed by atoms with Gasteiger partial charge in [0.15, 0.2) is 0 Å². The standard InChI is InChI=1S/C18H23NO2/c1-3-11-19-13-15-7-4-5-8-16(15)14-21-18-10-6-9-17(12-18)20-2/h4-10,12,19H,3,11,13-14H2,1-2H3. The fourth-order valence-corrected chi connectivity index (χ4v) is 2.12. The first-order valence-corrected chi connectivity index (χ1v) is 7.38. The number of ether oxygens (including phenoxy) is 2. The van der Waals surface area contributed by atoms with Gasteiger partial charge in [0.05, 0.1) is 7.11 Å². The van der Waals surface area contributed by atoms with Gasteiger partial charge in [0.2, 0.25) is 0 Å². The van der Waals surface area contributed by atoms with Crippen molar-refractivity contribution in [2.45, 2.75) is 26.5 Å². The maximum Gasteiger partial charge on any atom is 0.123 e. The van der Waals surface area contributed by atoms with Gasteiger partial charge in [0, 0.05) is 12.6 Å². The predicted molar refractivity (Wildman–Crippen MR) is 85.8 cm³/mol. The molecule has 1 N–H and O–H groups in total. The van der Waals surface area contributed by atoms with Crippen molar-refractivity contribution in [2.24, 2.45) is 0 Å². The highest BCUT2D eigenvalue weighted by Crippen LogP contribution is 2.20. The average Bonchev–Trinajstić information content (AvgIpc) is 2.54. The minimum absolute atomic E-state index is 0.567. The number of hydrogen-bond donors (Lipinski definition) is 1. The summed E-state index contributed by atoms with van der Waals surface area (Å²) in [5.74, 6) is 1.64. The van der Waals surface area contributed by atoms with E-state index in [2.05, 4.69) is 30.4 Å². The molecule has 2 aromatic carbocycles. The van der Waals surface area contributed by atoms with E-state index in [9.17, 15) is 0 Å². The van der Waals surface area contributed by atoms with Gasteiger partial charge in [-0.05, 0) is 36.2 Å². The van der Waals surface area contributed by atoms with Crippen LogP contribution in [0.3, 0.4) is 0 Å². The van der Waals surface area contributed by atoms with Gasteiger partial charge in [-0.3, -0.25) is 0 Å². The summed E-state index contributed by atoms with van der Waals surface area (Å²) in [6.07, 6.45) is 1.14. The van der Waals surface area contributed by atoms with E-state index in [4.69, 9.17) is 9.47 Å². The Bertz CT molecular complexity index is 554. The SMILES string of the molecule is CCCNCc1ccccc1COc1cccc(OC)c1. The second-order valence-corrected chi connectivity index (χ2v) is 4.91. The highest BCUT2D eigenvalue weighted by molar-refractivity contribution is 5.33. The molecule has 3 nitrogen and oxygen atoms in total. The van der Waals surface area contributed by atoms with Crippen LogP contribution in [0.25, 0.3) is 0 Å². The van der Waals surface area contributed by atoms with Gasteiger partial charge < -0.3 is 14.8 Å². The Balaban J connectivity index is 1.98. The molecular weight excluding hydrogens is 262 g/mol. The molecule has 0 saturated carbocycles. The highest BCUT2D eigenvalue weighted by atomic mass is 16.5. The quantitative estimate of drug-likeness (QED) is 0.749. The van der Waals surface area contributed by atoms with Crippen LogP contribution in [-0.2, 0) is 13.2 Å². The van der Waals surface area contributed by atoms with Crippen molar-refractivity contribution in [1.29, 1.82) is 0 Å². The van der Waals surface area contributed by atoms with Crippen LogP contribution in [-0.4, -0.2) is 13.7 Å². The van der Waals surface area contributed by atoms with Crippen molar-refractivity contribution in [2.75, 3.05) is 13.7 Å². The third kappa shape index (κ3) is 4.80. The van der Waals surface area contributed by atoms with Gasteiger partial charge in [0.25, 0.3) is 0 Å². The molecule has 0 aromatic heterocycles. The zero-order chi connectivity index (χ0) is 14.9. The highest BCUT2D eigenvalue weighted by Gasteiger charge is 2.03. The molecule has 2 rings (SSSR count). The molecule has 0 saturated heterocycles. The summed E-state index contributed by atoms with van der Waals surface area (Å²) in [7, 11) is 1.66. The van der Waals surface area contributed by atoms with Crippen molar-refractivity contribution in [1.82, 2.24) is 5.32 Å². The Morgan fingerprint density at radius 3 is 2.48 bits per heavy atom. The summed E-state index contributed by atoms with van der Waals surface area (Å²) >= 11 is 0. The van der Waals surface area contributed by atoms with Crippen LogP contribution in [0.5, 0.6) is 11.5 Å². The van der Waals surface area contributed by atoms with E-state index in [0.717, 1.165) is 31.0 Å². The third-order valence-corrected chi connectivity index (χ3v) is 3.30. The Hall–Kier alpha value is -2.00. The molecule has 0 amide bonds. The molecular formula is C18H23NO2. The molecule has 3 heteroatoms. The lowest BCUT2D eigenvalue weighted by Gasteiger charge is -2.12. The topological polar surface area (TPSA) is 30.5 Å². The minimum atomic E-state index is 0.567. The summed E-state index contributed by atoms with van der Waals surface area (Å²) in [5, 5.41) is 3.43. The number of nitrogens with one attached hydrogen (secondary N) is 1. The maximum absolute atomic E-state index is 5.87. The number of benzene rings is 2. The van der Waals surface area contributed by atoms with E-state index in [0.29, 0.717) is 6.61 Å². The van der Waals surface area contributed by atoms with Crippen LogP contribution >= 0.6 is 0 Å². The van der Waals surface area contributed by atoms with Gasteiger partial charge in [-0.1, -0.05) is 37.3 Å². The molecule has 0 bridgehead atoms. The van der Waals surface area contributed by atoms with Gasteiger partial charge in [-0.15, -0.1) is 0 Å². The summed E-state index contributed by atoms with van der Waals surface area (Å²) in [6.45, 7) is 4.65. The van der Waals surface area contributed by atoms with Crippen LogP contribution in [0.1, 0.15) is 24.5 Å². The van der Waals surface area contributed by atoms with Crippen molar-refractivity contribution < 1.29 is 9.47 Å². The first-order chi connectivity index (χ1) is 10.3.